The molecule has 2 N–H and O–H groups in total. The van der Waals surface area contributed by atoms with Crippen molar-refractivity contribution in [3.05, 3.63) is 29.8 Å². The molecule has 3 atom stereocenters. The lowest BCUT2D eigenvalue weighted by atomic mass is 9.78. The Morgan fingerprint density at radius 3 is 2.40 bits per heavy atom. The standard InChI is InChI=1S/C20H31N3O2/c1-14-8-10-17(11-9-14)21-19(24)12-23(4)13-20(25)22-18-7-5-6-15(2)16(18)3/h8-11,15-16,18H,5-7,12-13H2,1-4H3,(H,21,24)(H,22,25)/t15-,16-,18-/m0/s1. The first-order valence-corrected chi connectivity index (χ1v) is 9.19. The van der Waals surface area contributed by atoms with E-state index in [9.17, 15) is 9.59 Å². The Kier molecular flexibility index (Phi) is 7.00. The van der Waals surface area contributed by atoms with Crippen LogP contribution < -0.4 is 10.6 Å². The van der Waals surface area contributed by atoms with Gasteiger partial charge in [0.15, 0.2) is 0 Å². The van der Waals surface area contributed by atoms with E-state index in [1.54, 1.807) is 11.9 Å². The van der Waals surface area contributed by atoms with Gasteiger partial charge in [-0.05, 0) is 44.4 Å². The van der Waals surface area contributed by atoms with Crippen molar-refractivity contribution in [2.75, 3.05) is 25.5 Å². The maximum atomic E-state index is 12.3. The Balaban J connectivity index is 1.75. The number of amides is 2. The van der Waals surface area contributed by atoms with E-state index in [0.29, 0.717) is 11.8 Å². The number of hydrogen-bond donors (Lipinski definition) is 2. The molecule has 5 heteroatoms. The van der Waals surface area contributed by atoms with Crippen molar-refractivity contribution in [2.24, 2.45) is 11.8 Å². The van der Waals surface area contributed by atoms with Gasteiger partial charge in [-0.15, -0.1) is 0 Å². The third-order valence-corrected chi connectivity index (χ3v) is 5.22. The maximum Gasteiger partial charge on any atom is 0.238 e. The van der Waals surface area contributed by atoms with E-state index in [1.165, 1.54) is 12.8 Å². The number of hydrogen-bond acceptors (Lipinski definition) is 3. The molecule has 0 heterocycles. The van der Waals surface area contributed by atoms with Crippen molar-refractivity contribution in [3.8, 4) is 0 Å². The summed E-state index contributed by atoms with van der Waals surface area (Å²) in [5, 5.41) is 6.00. The molecule has 1 saturated carbocycles. The molecular formula is C20H31N3O2. The quantitative estimate of drug-likeness (QED) is 0.833. The monoisotopic (exact) mass is 345 g/mol. The first-order chi connectivity index (χ1) is 11.8. The smallest absolute Gasteiger partial charge is 0.238 e. The van der Waals surface area contributed by atoms with Crippen LogP contribution in [0.5, 0.6) is 0 Å². The predicted molar refractivity (Wildman–Crippen MR) is 101 cm³/mol. The van der Waals surface area contributed by atoms with Gasteiger partial charge in [0.05, 0.1) is 13.1 Å². The van der Waals surface area contributed by atoms with Crippen LogP contribution in [-0.2, 0) is 9.59 Å². The first-order valence-electron chi connectivity index (χ1n) is 9.19. The fraction of sp³-hybridized carbons (Fsp3) is 0.600. The molecule has 0 unspecified atom stereocenters. The molecule has 138 valence electrons. The van der Waals surface area contributed by atoms with E-state index < -0.39 is 0 Å². The van der Waals surface area contributed by atoms with Crippen LogP contribution in [0.4, 0.5) is 5.69 Å². The normalized spacial score (nSPS) is 23.3. The number of nitrogens with zero attached hydrogens (tertiary/aromatic N) is 1. The molecule has 1 aromatic rings. The molecule has 2 amide bonds. The van der Waals surface area contributed by atoms with Gasteiger partial charge in [-0.2, -0.15) is 0 Å². The van der Waals surface area contributed by atoms with Crippen LogP contribution >= 0.6 is 0 Å². The molecule has 0 bridgehead atoms. The van der Waals surface area contributed by atoms with Crippen molar-refractivity contribution in [3.63, 3.8) is 0 Å². The van der Waals surface area contributed by atoms with Crippen molar-refractivity contribution in [1.29, 1.82) is 0 Å². The largest absolute Gasteiger partial charge is 0.352 e. The molecule has 1 fully saturated rings. The SMILES string of the molecule is Cc1ccc(NC(=O)CN(C)CC(=O)N[C@H]2CCC[C@H](C)[C@@H]2C)cc1. The highest BCUT2D eigenvalue weighted by molar-refractivity contribution is 5.92. The molecular weight excluding hydrogens is 314 g/mol. The van der Waals surface area contributed by atoms with E-state index in [4.69, 9.17) is 0 Å². The van der Waals surface area contributed by atoms with Crippen LogP contribution in [0.1, 0.15) is 38.7 Å². The van der Waals surface area contributed by atoms with Crippen LogP contribution in [0.25, 0.3) is 0 Å². The van der Waals surface area contributed by atoms with Gasteiger partial charge in [-0.3, -0.25) is 14.5 Å². The molecule has 1 aliphatic carbocycles. The van der Waals surface area contributed by atoms with E-state index in [-0.39, 0.29) is 30.9 Å². The molecule has 0 spiro atoms. The van der Waals surface area contributed by atoms with Crippen LogP contribution in [0, 0.1) is 18.8 Å². The molecule has 0 saturated heterocycles. The lowest BCUT2D eigenvalue weighted by Crippen LogP contribution is -2.47. The number of anilines is 1. The second kappa shape index (κ2) is 8.99. The minimum absolute atomic E-state index is 0.00316. The van der Waals surface area contributed by atoms with Gasteiger partial charge in [0.25, 0.3) is 0 Å². The molecule has 1 aromatic carbocycles. The lowest BCUT2D eigenvalue weighted by Gasteiger charge is -2.34. The van der Waals surface area contributed by atoms with Gasteiger partial charge >= 0.3 is 0 Å². The second-order valence-electron chi connectivity index (χ2n) is 7.53. The van der Waals surface area contributed by atoms with Crippen molar-refractivity contribution in [1.82, 2.24) is 10.2 Å². The van der Waals surface area contributed by atoms with Crippen LogP contribution in [0.3, 0.4) is 0 Å². The fourth-order valence-corrected chi connectivity index (χ4v) is 3.42. The maximum absolute atomic E-state index is 12.3. The summed E-state index contributed by atoms with van der Waals surface area (Å²) in [5.74, 6) is 1.04. The second-order valence-corrected chi connectivity index (χ2v) is 7.53. The van der Waals surface area contributed by atoms with Gasteiger partial charge in [-0.1, -0.05) is 44.4 Å². The summed E-state index contributed by atoms with van der Waals surface area (Å²) in [6, 6.07) is 7.93. The van der Waals surface area contributed by atoms with Crippen LogP contribution in [0.15, 0.2) is 24.3 Å². The highest BCUT2D eigenvalue weighted by Crippen LogP contribution is 2.29. The zero-order chi connectivity index (χ0) is 18.4. The first kappa shape index (κ1) is 19.4. The number of rotatable bonds is 6. The zero-order valence-electron chi connectivity index (χ0n) is 15.8. The molecule has 2 rings (SSSR count). The molecule has 1 aliphatic rings. The average Bonchev–Trinajstić information content (AvgIpc) is 2.53. The van der Waals surface area contributed by atoms with E-state index in [0.717, 1.165) is 17.7 Å². The van der Waals surface area contributed by atoms with Gasteiger partial charge < -0.3 is 10.6 Å². The number of likely N-dealkylation sites (N-methyl/N-ethyl adjacent to an activating group) is 1. The third-order valence-electron chi connectivity index (χ3n) is 5.22. The fourth-order valence-electron chi connectivity index (χ4n) is 3.42. The summed E-state index contributed by atoms with van der Waals surface area (Å²) in [7, 11) is 1.79. The van der Waals surface area contributed by atoms with E-state index in [1.807, 2.05) is 31.2 Å². The van der Waals surface area contributed by atoms with Gasteiger partial charge in [0.1, 0.15) is 0 Å². The van der Waals surface area contributed by atoms with Crippen LogP contribution in [0.2, 0.25) is 0 Å². The molecule has 0 radical (unpaired) electrons. The van der Waals surface area contributed by atoms with Crippen molar-refractivity contribution < 1.29 is 9.59 Å². The third kappa shape index (κ3) is 6.16. The van der Waals surface area contributed by atoms with Gasteiger partial charge in [-0.25, -0.2) is 0 Å². The molecule has 0 aliphatic heterocycles. The highest BCUT2D eigenvalue weighted by Gasteiger charge is 2.28. The number of aryl methyl sites for hydroxylation is 1. The number of nitrogens with one attached hydrogen (secondary N) is 2. The summed E-state index contributed by atoms with van der Waals surface area (Å²) in [6.07, 6.45) is 3.47. The van der Waals surface area contributed by atoms with E-state index in [2.05, 4.69) is 24.5 Å². The van der Waals surface area contributed by atoms with E-state index >= 15 is 0 Å². The Labute approximate surface area is 151 Å². The predicted octanol–water partition coefficient (Wildman–Crippen LogP) is 2.81. The Bertz CT molecular complexity index is 585. The minimum atomic E-state index is -0.112. The Morgan fingerprint density at radius 2 is 1.72 bits per heavy atom. The lowest BCUT2D eigenvalue weighted by molar-refractivity contribution is -0.124. The number of carbonyl (C=O) groups excluding carboxylic acids is 2. The van der Waals surface area contributed by atoms with Gasteiger partial charge in [0.2, 0.25) is 11.8 Å². The highest BCUT2D eigenvalue weighted by atomic mass is 16.2. The molecule has 25 heavy (non-hydrogen) atoms. The average molecular weight is 345 g/mol. The summed E-state index contributed by atoms with van der Waals surface area (Å²) in [6.45, 7) is 6.90. The topological polar surface area (TPSA) is 61.4 Å². The van der Waals surface area contributed by atoms with Gasteiger partial charge in [0, 0.05) is 11.7 Å². The van der Waals surface area contributed by atoms with Crippen LogP contribution in [-0.4, -0.2) is 42.9 Å². The summed E-state index contributed by atoms with van der Waals surface area (Å²) in [5.41, 5.74) is 1.93. The van der Waals surface area contributed by atoms with Crippen molar-refractivity contribution in [2.45, 2.75) is 46.1 Å². The summed E-state index contributed by atoms with van der Waals surface area (Å²) < 4.78 is 0. The molecule has 0 aromatic heterocycles. The summed E-state index contributed by atoms with van der Waals surface area (Å²) >= 11 is 0. The number of benzene rings is 1. The zero-order valence-corrected chi connectivity index (χ0v) is 15.8. The summed E-state index contributed by atoms with van der Waals surface area (Å²) in [4.78, 5) is 26.1. The number of carbonyl (C=O) groups is 2. The molecule has 5 nitrogen and oxygen atoms in total. The van der Waals surface area contributed by atoms with Crippen molar-refractivity contribution >= 4 is 17.5 Å². The Morgan fingerprint density at radius 1 is 1.08 bits per heavy atom. The Hall–Kier alpha value is -1.88. The minimum Gasteiger partial charge on any atom is -0.352 e.